The van der Waals surface area contributed by atoms with Crippen molar-refractivity contribution in [1.29, 1.82) is 0 Å². The lowest BCUT2D eigenvalue weighted by Gasteiger charge is -2.33. The molecule has 2 rings (SSSR count). The molecule has 106 valence electrons. The van der Waals surface area contributed by atoms with Gasteiger partial charge in [-0.1, -0.05) is 6.07 Å². The highest BCUT2D eigenvalue weighted by atomic mass is 19.2. The normalized spacial score (nSPS) is 16.9. The maximum absolute atomic E-state index is 14.0. The third-order valence-electron chi connectivity index (χ3n) is 3.72. The van der Waals surface area contributed by atoms with Gasteiger partial charge in [-0.05, 0) is 24.8 Å². The number of hydrogen-bond acceptors (Lipinski definition) is 3. The summed E-state index contributed by atoms with van der Waals surface area (Å²) in [6.07, 6.45) is 1.88. The predicted molar refractivity (Wildman–Crippen MR) is 71.1 cm³/mol. The van der Waals surface area contributed by atoms with E-state index in [1.807, 2.05) is 4.90 Å². The van der Waals surface area contributed by atoms with E-state index in [1.54, 1.807) is 19.2 Å². The summed E-state index contributed by atoms with van der Waals surface area (Å²) in [6.45, 7) is 2.20. The Hall–Kier alpha value is -1.20. The van der Waals surface area contributed by atoms with Crippen molar-refractivity contribution in [2.24, 2.45) is 11.7 Å². The molecule has 0 aromatic heterocycles. The van der Waals surface area contributed by atoms with Gasteiger partial charge >= 0.3 is 0 Å². The summed E-state index contributed by atoms with van der Waals surface area (Å²) in [5.74, 6) is -1.09. The summed E-state index contributed by atoms with van der Waals surface area (Å²) in [5, 5.41) is 0. The van der Waals surface area contributed by atoms with Gasteiger partial charge in [0.05, 0.1) is 5.69 Å². The van der Waals surface area contributed by atoms with Crippen molar-refractivity contribution in [3.8, 4) is 0 Å². The Kier molecular flexibility index (Phi) is 4.71. The molecule has 2 N–H and O–H groups in total. The molecule has 0 bridgehead atoms. The zero-order valence-electron chi connectivity index (χ0n) is 11.2. The van der Waals surface area contributed by atoms with Crippen LogP contribution in [0.2, 0.25) is 0 Å². The summed E-state index contributed by atoms with van der Waals surface area (Å²) in [4.78, 5) is 1.89. The second kappa shape index (κ2) is 6.30. The number of ether oxygens (including phenoxy) is 1. The first-order valence-corrected chi connectivity index (χ1v) is 6.58. The quantitative estimate of drug-likeness (QED) is 0.912. The Bertz CT molecular complexity index is 432. The van der Waals surface area contributed by atoms with Gasteiger partial charge in [0.25, 0.3) is 0 Å². The van der Waals surface area contributed by atoms with Crippen molar-refractivity contribution < 1.29 is 13.5 Å². The summed E-state index contributed by atoms with van der Waals surface area (Å²) >= 11 is 0. The second-order valence-corrected chi connectivity index (χ2v) is 4.96. The van der Waals surface area contributed by atoms with Gasteiger partial charge in [-0.25, -0.2) is 8.78 Å². The van der Waals surface area contributed by atoms with E-state index < -0.39 is 11.6 Å². The van der Waals surface area contributed by atoms with Crippen LogP contribution < -0.4 is 10.6 Å². The molecule has 0 aliphatic carbocycles. The lowest BCUT2D eigenvalue weighted by molar-refractivity contribution is 0.139. The third kappa shape index (κ3) is 3.04. The van der Waals surface area contributed by atoms with Crippen LogP contribution in [0.1, 0.15) is 18.4 Å². The molecule has 1 saturated heterocycles. The number of nitrogens with two attached hydrogens (primary N) is 1. The fraction of sp³-hybridized carbons (Fsp3) is 0.571. The molecular weight excluding hydrogens is 250 g/mol. The van der Waals surface area contributed by atoms with E-state index in [4.69, 9.17) is 10.5 Å². The fourth-order valence-electron chi connectivity index (χ4n) is 2.56. The van der Waals surface area contributed by atoms with Crippen LogP contribution in [0.4, 0.5) is 14.5 Å². The first-order chi connectivity index (χ1) is 9.17. The molecule has 0 saturated carbocycles. The molecule has 0 atom stereocenters. The van der Waals surface area contributed by atoms with Crippen molar-refractivity contribution >= 4 is 5.69 Å². The molecule has 19 heavy (non-hydrogen) atoms. The number of piperidine rings is 1. The number of halogens is 2. The SMILES string of the molecule is COCC1CCN(c2ccc(CN)c(F)c2F)CC1. The summed E-state index contributed by atoms with van der Waals surface area (Å²) in [6, 6.07) is 3.19. The maximum Gasteiger partial charge on any atom is 0.182 e. The largest absolute Gasteiger partial charge is 0.384 e. The lowest BCUT2D eigenvalue weighted by Crippen LogP contribution is -2.35. The van der Waals surface area contributed by atoms with Gasteiger partial charge < -0.3 is 15.4 Å². The Morgan fingerprint density at radius 2 is 1.95 bits per heavy atom. The van der Waals surface area contributed by atoms with Crippen LogP contribution in [0, 0.1) is 17.6 Å². The minimum Gasteiger partial charge on any atom is -0.384 e. The first kappa shape index (κ1) is 14.2. The second-order valence-electron chi connectivity index (χ2n) is 4.96. The molecule has 5 heteroatoms. The molecule has 1 heterocycles. The molecular formula is C14H20F2N2O. The number of hydrogen-bond donors (Lipinski definition) is 1. The zero-order valence-corrected chi connectivity index (χ0v) is 11.2. The van der Waals surface area contributed by atoms with E-state index in [-0.39, 0.29) is 12.1 Å². The molecule has 0 amide bonds. The maximum atomic E-state index is 14.0. The Morgan fingerprint density at radius 3 is 2.53 bits per heavy atom. The molecule has 1 aromatic rings. The number of nitrogens with zero attached hydrogens (tertiary/aromatic N) is 1. The van der Waals surface area contributed by atoms with Crippen LogP contribution in [0.3, 0.4) is 0 Å². The molecule has 0 radical (unpaired) electrons. The van der Waals surface area contributed by atoms with E-state index in [0.29, 0.717) is 11.6 Å². The molecule has 1 fully saturated rings. The van der Waals surface area contributed by atoms with Gasteiger partial charge in [-0.15, -0.1) is 0 Å². The average molecular weight is 270 g/mol. The molecule has 1 aromatic carbocycles. The van der Waals surface area contributed by atoms with Gasteiger partial charge in [-0.2, -0.15) is 0 Å². The molecule has 1 aliphatic rings. The van der Waals surface area contributed by atoms with Crippen LogP contribution in [-0.2, 0) is 11.3 Å². The van der Waals surface area contributed by atoms with Gasteiger partial charge in [-0.3, -0.25) is 0 Å². The number of methoxy groups -OCH3 is 1. The predicted octanol–water partition coefficient (Wildman–Crippen LogP) is 2.29. The lowest BCUT2D eigenvalue weighted by atomic mass is 9.97. The average Bonchev–Trinajstić information content (AvgIpc) is 2.43. The topological polar surface area (TPSA) is 38.5 Å². The van der Waals surface area contributed by atoms with E-state index in [0.717, 1.165) is 32.5 Å². The summed E-state index contributed by atoms with van der Waals surface area (Å²) in [7, 11) is 1.69. The van der Waals surface area contributed by atoms with E-state index in [9.17, 15) is 8.78 Å². The third-order valence-corrected chi connectivity index (χ3v) is 3.72. The van der Waals surface area contributed by atoms with Crippen LogP contribution in [0.15, 0.2) is 12.1 Å². The molecule has 1 aliphatic heterocycles. The van der Waals surface area contributed by atoms with Crippen LogP contribution in [-0.4, -0.2) is 26.8 Å². The monoisotopic (exact) mass is 270 g/mol. The molecule has 0 spiro atoms. The van der Waals surface area contributed by atoms with Gasteiger partial charge in [0, 0.05) is 38.9 Å². The highest BCUT2D eigenvalue weighted by Crippen LogP contribution is 2.28. The van der Waals surface area contributed by atoms with Crippen LogP contribution in [0.5, 0.6) is 0 Å². The minimum absolute atomic E-state index is 0.0128. The smallest absolute Gasteiger partial charge is 0.182 e. The highest BCUT2D eigenvalue weighted by molar-refractivity contribution is 5.50. The van der Waals surface area contributed by atoms with Crippen molar-refractivity contribution in [2.75, 3.05) is 31.7 Å². The van der Waals surface area contributed by atoms with Gasteiger partial charge in [0.2, 0.25) is 0 Å². The standard InChI is InChI=1S/C14H20F2N2O/c1-19-9-10-4-6-18(7-5-10)12-3-2-11(8-17)13(15)14(12)16/h2-3,10H,4-9,17H2,1H3. The minimum atomic E-state index is -0.820. The first-order valence-electron chi connectivity index (χ1n) is 6.58. The summed E-state index contributed by atoms with van der Waals surface area (Å²) in [5.41, 5.74) is 5.92. The van der Waals surface area contributed by atoms with Crippen molar-refractivity contribution in [3.63, 3.8) is 0 Å². The van der Waals surface area contributed by atoms with Crippen LogP contribution in [0.25, 0.3) is 0 Å². The Morgan fingerprint density at radius 1 is 1.26 bits per heavy atom. The highest BCUT2D eigenvalue weighted by Gasteiger charge is 2.23. The number of anilines is 1. The van der Waals surface area contributed by atoms with Crippen molar-refractivity contribution in [1.82, 2.24) is 0 Å². The fourth-order valence-corrected chi connectivity index (χ4v) is 2.56. The Labute approximate surface area is 112 Å². The van der Waals surface area contributed by atoms with Gasteiger partial charge in [0.1, 0.15) is 0 Å². The van der Waals surface area contributed by atoms with E-state index >= 15 is 0 Å². The summed E-state index contributed by atoms with van der Waals surface area (Å²) < 4.78 is 32.8. The Balaban J connectivity index is 2.09. The molecule has 0 unspecified atom stereocenters. The van der Waals surface area contributed by atoms with E-state index in [2.05, 4.69) is 0 Å². The van der Waals surface area contributed by atoms with Crippen molar-refractivity contribution in [3.05, 3.63) is 29.3 Å². The van der Waals surface area contributed by atoms with Gasteiger partial charge in [0.15, 0.2) is 11.6 Å². The van der Waals surface area contributed by atoms with Crippen molar-refractivity contribution in [2.45, 2.75) is 19.4 Å². The number of benzene rings is 1. The zero-order chi connectivity index (χ0) is 13.8. The molecule has 3 nitrogen and oxygen atoms in total. The van der Waals surface area contributed by atoms with Crippen LogP contribution >= 0.6 is 0 Å². The van der Waals surface area contributed by atoms with E-state index in [1.165, 1.54) is 0 Å². The number of rotatable bonds is 4.